The lowest BCUT2D eigenvalue weighted by Crippen LogP contribution is -2.28. The maximum atomic E-state index is 14.1. The third-order valence-corrected chi connectivity index (χ3v) is 5.48. The standard InChI is InChI=1S/C22H15FN4O3S/c23-18-4-1-5-19-21(18)25-22(31-19)26(14-16-3-2-12-24-13-16)20(28)11-8-15-6-9-17(10-7-15)27(29)30/h1-13H,14H2/b11-8+. The van der Waals surface area contributed by atoms with Crippen molar-refractivity contribution in [3.05, 3.63) is 100 Å². The van der Waals surface area contributed by atoms with Gasteiger partial charge in [0.15, 0.2) is 5.13 Å². The summed E-state index contributed by atoms with van der Waals surface area (Å²) in [6.45, 7) is 0.207. The summed E-state index contributed by atoms with van der Waals surface area (Å²) in [4.78, 5) is 33.2. The quantitative estimate of drug-likeness (QED) is 0.242. The van der Waals surface area contributed by atoms with E-state index in [1.54, 1.807) is 48.8 Å². The van der Waals surface area contributed by atoms with Gasteiger partial charge in [-0.25, -0.2) is 9.37 Å². The number of fused-ring (bicyclic) bond motifs is 1. The van der Waals surface area contributed by atoms with Crippen LogP contribution in [0.2, 0.25) is 0 Å². The van der Waals surface area contributed by atoms with Crippen LogP contribution in [0.4, 0.5) is 15.2 Å². The molecule has 4 rings (SSSR count). The largest absolute Gasteiger partial charge is 0.280 e. The zero-order chi connectivity index (χ0) is 21.8. The molecule has 0 fully saturated rings. The van der Waals surface area contributed by atoms with Crippen molar-refractivity contribution in [1.82, 2.24) is 9.97 Å². The van der Waals surface area contributed by atoms with Crippen LogP contribution in [0.5, 0.6) is 0 Å². The molecule has 154 valence electrons. The van der Waals surface area contributed by atoms with Gasteiger partial charge in [-0.05, 0) is 47.5 Å². The zero-order valence-electron chi connectivity index (χ0n) is 16.0. The van der Waals surface area contributed by atoms with Crippen molar-refractivity contribution in [3.63, 3.8) is 0 Å². The van der Waals surface area contributed by atoms with E-state index < -0.39 is 10.7 Å². The summed E-state index contributed by atoms with van der Waals surface area (Å²) in [6.07, 6.45) is 6.21. The molecule has 0 saturated heterocycles. The van der Waals surface area contributed by atoms with Crippen LogP contribution in [0.3, 0.4) is 0 Å². The summed E-state index contributed by atoms with van der Waals surface area (Å²) < 4.78 is 14.8. The number of amides is 1. The number of nitro benzene ring substituents is 1. The molecule has 2 aromatic heterocycles. The molecule has 1 amide bonds. The van der Waals surface area contributed by atoms with Crippen LogP contribution in [0.15, 0.2) is 73.1 Å². The van der Waals surface area contributed by atoms with Crippen LogP contribution in [-0.2, 0) is 11.3 Å². The Labute approximate surface area is 180 Å². The van der Waals surface area contributed by atoms with E-state index in [0.717, 1.165) is 5.56 Å². The van der Waals surface area contributed by atoms with Crippen LogP contribution in [0.25, 0.3) is 16.3 Å². The number of nitro groups is 1. The number of non-ortho nitro benzene ring substituents is 1. The molecule has 0 saturated carbocycles. The Hall–Kier alpha value is -3.98. The molecule has 0 bridgehead atoms. The Kier molecular flexibility index (Phi) is 5.76. The number of aromatic nitrogens is 2. The molecule has 0 spiro atoms. The van der Waals surface area contributed by atoms with E-state index in [0.29, 0.717) is 15.4 Å². The van der Waals surface area contributed by atoms with Crippen molar-refractivity contribution in [1.29, 1.82) is 0 Å². The Balaban J connectivity index is 1.65. The summed E-state index contributed by atoms with van der Waals surface area (Å²) in [5, 5.41) is 11.1. The van der Waals surface area contributed by atoms with Gasteiger partial charge in [0.05, 0.1) is 16.2 Å². The molecule has 0 aliphatic heterocycles. The van der Waals surface area contributed by atoms with E-state index in [2.05, 4.69) is 9.97 Å². The van der Waals surface area contributed by atoms with E-state index in [1.165, 1.54) is 40.5 Å². The van der Waals surface area contributed by atoms with Crippen LogP contribution in [0.1, 0.15) is 11.1 Å². The van der Waals surface area contributed by atoms with Crippen LogP contribution < -0.4 is 4.90 Å². The number of carbonyl (C=O) groups is 1. The predicted molar refractivity (Wildman–Crippen MR) is 117 cm³/mol. The Bertz CT molecular complexity index is 1270. The molecule has 0 radical (unpaired) electrons. The third kappa shape index (κ3) is 4.62. The summed E-state index contributed by atoms with van der Waals surface area (Å²) >= 11 is 1.22. The van der Waals surface area contributed by atoms with Crippen molar-refractivity contribution < 1.29 is 14.1 Å². The van der Waals surface area contributed by atoms with Gasteiger partial charge in [-0.15, -0.1) is 0 Å². The average Bonchev–Trinajstić information content (AvgIpc) is 3.22. The molecule has 9 heteroatoms. The molecule has 0 aliphatic rings. The monoisotopic (exact) mass is 434 g/mol. The second-order valence-corrected chi connectivity index (χ2v) is 7.56. The van der Waals surface area contributed by atoms with E-state index in [9.17, 15) is 19.3 Å². The minimum absolute atomic E-state index is 0.0295. The van der Waals surface area contributed by atoms with Crippen molar-refractivity contribution >= 4 is 44.4 Å². The number of hydrogen-bond acceptors (Lipinski definition) is 6. The molecule has 0 aliphatic carbocycles. The van der Waals surface area contributed by atoms with E-state index in [1.807, 2.05) is 6.07 Å². The number of thiazole rings is 1. The number of anilines is 1. The SMILES string of the molecule is O=C(/C=C/c1ccc([N+](=O)[O-])cc1)N(Cc1cccnc1)c1nc2c(F)cccc2s1. The number of rotatable bonds is 6. The van der Waals surface area contributed by atoms with Gasteiger partial charge in [0.25, 0.3) is 11.6 Å². The second-order valence-electron chi connectivity index (χ2n) is 6.55. The molecule has 2 heterocycles. The highest BCUT2D eigenvalue weighted by Gasteiger charge is 2.19. The highest BCUT2D eigenvalue weighted by atomic mass is 32.1. The Morgan fingerprint density at radius 3 is 2.65 bits per heavy atom. The van der Waals surface area contributed by atoms with Crippen molar-refractivity contribution in [2.45, 2.75) is 6.54 Å². The molecule has 4 aromatic rings. The number of para-hydroxylation sites is 1. The first kappa shape index (κ1) is 20.3. The summed E-state index contributed by atoms with van der Waals surface area (Å²) in [5.74, 6) is -0.808. The number of nitrogens with zero attached hydrogens (tertiary/aromatic N) is 4. The molecule has 2 aromatic carbocycles. The Morgan fingerprint density at radius 2 is 1.97 bits per heavy atom. The lowest BCUT2D eigenvalue weighted by molar-refractivity contribution is -0.384. The van der Waals surface area contributed by atoms with Crippen LogP contribution in [-0.4, -0.2) is 20.8 Å². The predicted octanol–water partition coefficient (Wildman–Crippen LogP) is 4.99. The second kappa shape index (κ2) is 8.80. The number of halogens is 1. The lowest BCUT2D eigenvalue weighted by atomic mass is 10.2. The first-order valence-electron chi connectivity index (χ1n) is 9.19. The lowest BCUT2D eigenvalue weighted by Gasteiger charge is -2.18. The minimum Gasteiger partial charge on any atom is -0.280 e. The fraction of sp³-hybridized carbons (Fsp3) is 0.0455. The van der Waals surface area contributed by atoms with Gasteiger partial charge in [-0.1, -0.05) is 23.5 Å². The minimum atomic E-state index is -0.486. The summed E-state index contributed by atoms with van der Waals surface area (Å²) in [6, 6.07) is 14.1. The molecular weight excluding hydrogens is 419 g/mol. The third-order valence-electron chi connectivity index (χ3n) is 4.44. The fourth-order valence-electron chi connectivity index (χ4n) is 2.90. The van der Waals surface area contributed by atoms with E-state index in [-0.39, 0.29) is 23.7 Å². The van der Waals surface area contributed by atoms with Crippen molar-refractivity contribution in [3.8, 4) is 0 Å². The first-order valence-corrected chi connectivity index (χ1v) is 10.0. The first-order chi connectivity index (χ1) is 15.0. The zero-order valence-corrected chi connectivity index (χ0v) is 16.8. The van der Waals surface area contributed by atoms with Crippen molar-refractivity contribution in [2.75, 3.05) is 4.90 Å². The van der Waals surface area contributed by atoms with Gasteiger partial charge in [0.1, 0.15) is 11.3 Å². The van der Waals surface area contributed by atoms with Gasteiger partial charge in [-0.3, -0.25) is 24.8 Å². The number of hydrogen-bond donors (Lipinski definition) is 0. The fourth-order valence-corrected chi connectivity index (χ4v) is 3.88. The van der Waals surface area contributed by atoms with Crippen LogP contribution >= 0.6 is 11.3 Å². The van der Waals surface area contributed by atoms with Gasteiger partial charge in [-0.2, -0.15) is 0 Å². The van der Waals surface area contributed by atoms with Gasteiger partial charge in [0, 0.05) is 30.6 Å². The highest BCUT2D eigenvalue weighted by Crippen LogP contribution is 2.31. The summed E-state index contributed by atoms with van der Waals surface area (Å²) in [5.41, 5.74) is 1.61. The molecule has 7 nitrogen and oxygen atoms in total. The van der Waals surface area contributed by atoms with Gasteiger partial charge < -0.3 is 0 Å². The van der Waals surface area contributed by atoms with E-state index >= 15 is 0 Å². The van der Waals surface area contributed by atoms with Crippen molar-refractivity contribution in [2.24, 2.45) is 0 Å². The Morgan fingerprint density at radius 1 is 1.16 bits per heavy atom. The average molecular weight is 434 g/mol. The highest BCUT2D eigenvalue weighted by molar-refractivity contribution is 7.22. The summed E-state index contributed by atoms with van der Waals surface area (Å²) in [7, 11) is 0. The molecular formula is C22H15FN4O3S. The van der Waals surface area contributed by atoms with Gasteiger partial charge in [0.2, 0.25) is 0 Å². The van der Waals surface area contributed by atoms with Gasteiger partial charge >= 0.3 is 0 Å². The molecule has 0 N–H and O–H groups in total. The molecule has 31 heavy (non-hydrogen) atoms. The van der Waals surface area contributed by atoms with Crippen LogP contribution in [0, 0.1) is 15.9 Å². The van der Waals surface area contributed by atoms with E-state index in [4.69, 9.17) is 0 Å². The normalized spacial score (nSPS) is 11.1. The molecule has 0 unspecified atom stereocenters. The number of pyridine rings is 1. The maximum Gasteiger partial charge on any atom is 0.269 e. The molecule has 0 atom stereocenters. The smallest absolute Gasteiger partial charge is 0.269 e. The maximum absolute atomic E-state index is 14.1. The number of benzene rings is 2. The topological polar surface area (TPSA) is 89.2 Å². The number of carbonyl (C=O) groups excluding carboxylic acids is 1.